The van der Waals surface area contributed by atoms with Gasteiger partial charge >= 0.3 is 0 Å². The number of aryl methyl sites for hydroxylation is 2. The molecule has 3 rings (SSSR count). The molecule has 0 atom stereocenters. The Balaban J connectivity index is 1.79. The van der Waals surface area contributed by atoms with E-state index < -0.39 is 15.9 Å². The van der Waals surface area contributed by atoms with Gasteiger partial charge in [-0.1, -0.05) is 62.6 Å². The second kappa shape index (κ2) is 13.8. The Bertz CT molecular complexity index is 1130. The van der Waals surface area contributed by atoms with Crippen LogP contribution in [0.25, 0.3) is 0 Å². The van der Waals surface area contributed by atoms with Crippen LogP contribution in [-0.2, 0) is 14.8 Å². The van der Waals surface area contributed by atoms with E-state index in [4.69, 9.17) is 11.6 Å². The first-order valence-corrected chi connectivity index (χ1v) is 14.8. The van der Waals surface area contributed by atoms with E-state index >= 15 is 0 Å². The number of hydrogen-bond donors (Lipinski definition) is 1. The first-order valence-electron chi connectivity index (χ1n) is 13.0. The number of hydrogen-bond acceptors (Lipinski definition) is 4. The standard InChI is InChI=1S/C28H38ClN3O3S/c1-22-14-17-26(20-23(22)2)32(36(34,35)27-18-15-24(29)16-19-27)21-28(33)31-30-25-12-10-8-6-4-3-5-7-9-11-13-25/h14-20H,3-13,21H2,1-2H3,(H,31,33). The van der Waals surface area contributed by atoms with Gasteiger partial charge in [0.25, 0.3) is 15.9 Å². The van der Waals surface area contributed by atoms with E-state index in [-0.39, 0.29) is 11.4 Å². The maximum atomic E-state index is 13.6. The zero-order chi connectivity index (χ0) is 26.0. The molecule has 1 aliphatic rings. The molecule has 2 aromatic rings. The molecule has 1 amide bonds. The normalized spacial score (nSPS) is 15.9. The largest absolute Gasteiger partial charge is 0.271 e. The van der Waals surface area contributed by atoms with E-state index in [2.05, 4.69) is 10.5 Å². The number of nitrogens with one attached hydrogen (secondary N) is 1. The number of sulfonamides is 1. The third-order valence-electron chi connectivity index (χ3n) is 6.74. The lowest BCUT2D eigenvalue weighted by atomic mass is 10.00. The van der Waals surface area contributed by atoms with Crippen molar-refractivity contribution in [3.63, 3.8) is 0 Å². The number of carbonyl (C=O) groups is 1. The first kappa shape index (κ1) is 28.2. The summed E-state index contributed by atoms with van der Waals surface area (Å²) in [6, 6.07) is 11.3. The minimum atomic E-state index is -4.00. The van der Waals surface area contributed by atoms with Crippen molar-refractivity contribution < 1.29 is 13.2 Å². The van der Waals surface area contributed by atoms with Crippen molar-refractivity contribution in [3.8, 4) is 0 Å². The zero-order valence-electron chi connectivity index (χ0n) is 21.4. The molecule has 0 saturated heterocycles. The van der Waals surface area contributed by atoms with Gasteiger partial charge < -0.3 is 0 Å². The average Bonchev–Trinajstić information content (AvgIpc) is 2.84. The van der Waals surface area contributed by atoms with Crippen LogP contribution < -0.4 is 9.73 Å². The van der Waals surface area contributed by atoms with Crippen molar-refractivity contribution in [1.29, 1.82) is 0 Å². The van der Waals surface area contributed by atoms with E-state index in [9.17, 15) is 13.2 Å². The van der Waals surface area contributed by atoms with Crippen LogP contribution in [0.3, 0.4) is 0 Å². The van der Waals surface area contributed by atoms with Gasteiger partial charge in [0.15, 0.2) is 0 Å². The van der Waals surface area contributed by atoms with Crippen molar-refractivity contribution >= 4 is 38.9 Å². The molecule has 0 heterocycles. The highest BCUT2D eigenvalue weighted by Crippen LogP contribution is 2.26. The molecule has 0 aromatic heterocycles. The van der Waals surface area contributed by atoms with E-state index in [0.29, 0.717) is 10.7 Å². The number of benzene rings is 2. The van der Waals surface area contributed by atoms with Crippen molar-refractivity contribution in [2.45, 2.75) is 89.4 Å². The molecule has 36 heavy (non-hydrogen) atoms. The fourth-order valence-electron chi connectivity index (χ4n) is 4.37. The summed E-state index contributed by atoms with van der Waals surface area (Å²) in [5, 5.41) is 4.88. The highest BCUT2D eigenvalue weighted by Gasteiger charge is 2.27. The van der Waals surface area contributed by atoms with Gasteiger partial charge in [-0.15, -0.1) is 0 Å². The maximum Gasteiger partial charge on any atom is 0.264 e. The summed E-state index contributed by atoms with van der Waals surface area (Å²) in [5.41, 5.74) is 6.05. The predicted octanol–water partition coefficient (Wildman–Crippen LogP) is 6.93. The Hall–Kier alpha value is -2.38. The summed E-state index contributed by atoms with van der Waals surface area (Å²) >= 11 is 5.97. The number of hydrazone groups is 1. The second-order valence-corrected chi connectivity index (χ2v) is 11.9. The number of rotatable bonds is 6. The van der Waals surface area contributed by atoms with Crippen molar-refractivity contribution in [2.75, 3.05) is 10.8 Å². The van der Waals surface area contributed by atoms with E-state index in [0.717, 1.165) is 46.8 Å². The lowest BCUT2D eigenvalue weighted by Crippen LogP contribution is -2.39. The molecular weight excluding hydrogens is 494 g/mol. The minimum Gasteiger partial charge on any atom is -0.271 e. The predicted molar refractivity (Wildman–Crippen MR) is 148 cm³/mol. The molecule has 2 aromatic carbocycles. The fraction of sp³-hybridized carbons (Fsp3) is 0.500. The summed E-state index contributed by atoms with van der Waals surface area (Å²) in [7, 11) is -4.00. The van der Waals surface area contributed by atoms with E-state index in [1.807, 2.05) is 19.9 Å². The topological polar surface area (TPSA) is 78.8 Å². The van der Waals surface area contributed by atoms with Crippen LogP contribution in [0.5, 0.6) is 0 Å². The zero-order valence-corrected chi connectivity index (χ0v) is 23.0. The van der Waals surface area contributed by atoms with Gasteiger partial charge in [0.1, 0.15) is 6.54 Å². The Morgan fingerprint density at radius 1 is 0.861 bits per heavy atom. The fourth-order valence-corrected chi connectivity index (χ4v) is 5.91. The highest BCUT2D eigenvalue weighted by atomic mass is 35.5. The molecule has 196 valence electrons. The molecular formula is C28H38ClN3O3S. The van der Waals surface area contributed by atoms with Gasteiger partial charge in [-0.25, -0.2) is 13.8 Å². The first-order chi connectivity index (χ1) is 17.3. The molecule has 8 heteroatoms. The van der Waals surface area contributed by atoms with Gasteiger partial charge in [0, 0.05) is 10.7 Å². The lowest BCUT2D eigenvalue weighted by molar-refractivity contribution is -0.119. The van der Waals surface area contributed by atoms with Crippen LogP contribution in [0.2, 0.25) is 5.02 Å². The number of anilines is 1. The molecule has 1 fully saturated rings. The molecule has 0 radical (unpaired) electrons. The van der Waals surface area contributed by atoms with Gasteiger partial charge in [-0.05, 0) is 87.1 Å². The van der Waals surface area contributed by atoms with Crippen LogP contribution in [-0.4, -0.2) is 26.6 Å². The molecule has 1 N–H and O–H groups in total. The van der Waals surface area contributed by atoms with Gasteiger partial charge in [-0.3, -0.25) is 9.10 Å². The molecule has 6 nitrogen and oxygen atoms in total. The highest BCUT2D eigenvalue weighted by molar-refractivity contribution is 7.92. The number of halogens is 1. The summed E-state index contributed by atoms with van der Waals surface area (Å²) in [6.45, 7) is 3.51. The van der Waals surface area contributed by atoms with E-state index in [1.165, 1.54) is 69.2 Å². The summed E-state index contributed by atoms with van der Waals surface area (Å²) in [6.07, 6.45) is 12.6. The van der Waals surface area contributed by atoms with Crippen LogP contribution in [0.15, 0.2) is 52.5 Å². The summed E-state index contributed by atoms with van der Waals surface area (Å²) < 4.78 is 28.3. The molecule has 0 unspecified atom stereocenters. The van der Waals surface area contributed by atoms with Crippen LogP contribution >= 0.6 is 11.6 Å². The number of amides is 1. The number of nitrogens with zero attached hydrogens (tertiary/aromatic N) is 2. The molecule has 0 spiro atoms. The Kier molecular flexibility index (Phi) is 10.8. The van der Waals surface area contributed by atoms with Crippen LogP contribution in [0.4, 0.5) is 5.69 Å². The lowest BCUT2D eigenvalue weighted by Gasteiger charge is -2.24. The van der Waals surface area contributed by atoms with Gasteiger partial charge in [0.2, 0.25) is 0 Å². The quantitative estimate of drug-likeness (QED) is 0.410. The Morgan fingerprint density at radius 2 is 1.42 bits per heavy atom. The molecule has 1 saturated carbocycles. The smallest absolute Gasteiger partial charge is 0.264 e. The minimum absolute atomic E-state index is 0.0727. The van der Waals surface area contributed by atoms with Gasteiger partial charge in [0.05, 0.1) is 10.6 Å². The summed E-state index contributed by atoms with van der Waals surface area (Å²) in [4.78, 5) is 13.1. The van der Waals surface area contributed by atoms with Gasteiger partial charge in [-0.2, -0.15) is 5.10 Å². The van der Waals surface area contributed by atoms with Crippen LogP contribution in [0, 0.1) is 13.8 Å². The Labute approximate surface area is 221 Å². The van der Waals surface area contributed by atoms with Crippen molar-refractivity contribution in [1.82, 2.24) is 5.43 Å². The molecule has 0 bridgehead atoms. The van der Waals surface area contributed by atoms with Crippen LogP contribution in [0.1, 0.15) is 81.8 Å². The average molecular weight is 532 g/mol. The van der Waals surface area contributed by atoms with E-state index in [1.54, 1.807) is 12.1 Å². The number of carbonyl (C=O) groups excluding carboxylic acids is 1. The second-order valence-electron chi connectivity index (χ2n) is 9.63. The Morgan fingerprint density at radius 3 is 1.97 bits per heavy atom. The summed E-state index contributed by atoms with van der Waals surface area (Å²) in [5.74, 6) is -0.468. The van der Waals surface area contributed by atoms with Crippen molar-refractivity contribution in [2.24, 2.45) is 5.10 Å². The monoisotopic (exact) mass is 531 g/mol. The van der Waals surface area contributed by atoms with Crippen molar-refractivity contribution in [3.05, 3.63) is 58.6 Å². The SMILES string of the molecule is Cc1ccc(N(CC(=O)NN=C2CCCCCCCCCCC2)S(=O)(=O)c2ccc(Cl)cc2)cc1C. The third kappa shape index (κ3) is 8.34. The maximum absolute atomic E-state index is 13.6. The molecule has 0 aliphatic heterocycles. The third-order valence-corrected chi connectivity index (χ3v) is 8.78. The molecule has 1 aliphatic carbocycles.